The zero-order valence-corrected chi connectivity index (χ0v) is 18.9. The van der Waals surface area contributed by atoms with Crippen molar-refractivity contribution in [1.29, 1.82) is 0 Å². The number of benzene rings is 1. The van der Waals surface area contributed by atoms with Crippen molar-refractivity contribution >= 4 is 27.9 Å². The molecule has 2 saturated heterocycles. The van der Waals surface area contributed by atoms with Gasteiger partial charge >= 0.3 is 6.09 Å². The average Bonchev–Trinajstić information content (AvgIpc) is 3.46. The summed E-state index contributed by atoms with van der Waals surface area (Å²) in [6, 6.07) is 6.52. The third-order valence-corrected chi connectivity index (χ3v) is 6.20. The Bertz CT molecular complexity index is 955. The van der Waals surface area contributed by atoms with Gasteiger partial charge in [0.1, 0.15) is 11.9 Å². The molecule has 166 valence electrons. The van der Waals surface area contributed by atoms with Gasteiger partial charge in [0.05, 0.1) is 37.7 Å². The normalized spacial score (nSPS) is 21.0. The first-order valence-corrected chi connectivity index (χ1v) is 11.0. The fourth-order valence-corrected chi connectivity index (χ4v) is 4.39. The van der Waals surface area contributed by atoms with Crippen molar-refractivity contribution in [2.24, 2.45) is 5.92 Å². The average molecular weight is 493 g/mol. The predicted octanol–water partition coefficient (Wildman–Crippen LogP) is 3.15. The van der Waals surface area contributed by atoms with E-state index in [1.807, 2.05) is 24.3 Å². The minimum atomic E-state index is -1.23. The molecule has 3 N–H and O–H groups in total. The van der Waals surface area contributed by atoms with Crippen molar-refractivity contribution in [2.45, 2.75) is 38.1 Å². The van der Waals surface area contributed by atoms with E-state index in [4.69, 9.17) is 9.47 Å². The maximum Gasteiger partial charge on any atom is 0.405 e. The van der Waals surface area contributed by atoms with Gasteiger partial charge < -0.3 is 29.8 Å². The number of amides is 2. The standard InChI is InChI=1S/C21H25BrN4O5/c1-12(2)17(25-20(28)29)19(27)26-11-21(30-7-8-31-21)9-16(26)18-23-10-15(24-18)13-3-5-14(22)6-4-13/h3-6,10,12,16-17,25H,7-9,11H2,1-2H3,(H,23,24)(H,28,29)/t16-,17-/m0/s1. The number of aromatic nitrogens is 2. The number of carboxylic acid groups (broad SMARTS) is 1. The lowest BCUT2D eigenvalue weighted by Gasteiger charge is -2.29. The lowest BCUT2D eigenvalue weighted by atomic mass is 10.0. The molecule has 0 radical (unpaired) electrons. The zero-order chi connectivity index (χ0) is 22.2. The summed E-state index contributed by atoms with van der Waals surface area (Å²) in [5.74, 6) is -0.823. The van der Waals surface area contributed by atoms with Crippen molar-refractivity contribution in [3.63, 3.8) is 0 Å². The van der Waals surface area contributed by atoms with Gasteiger partial charge in [0.25, 0.3) is 0 Å². The molecule has 1 aromatic carbocycles. The molecule has 0 unspecified atom stereocenters. The van der Waals surface area contributed by atoms with Crippen LogP contribution in [-0.4, -0.2) is 63.6 Å². The summed E-state index contributed by atoms with van der Waals surface area (Å²) in [6.07, 6.45) is 0.920. The summed E-state index contributed by atoms with van der Waals surface area (Å²) in [5, 5.41) is 11.6. The van der Waals surface area contributed by atoms with Crippen LogP contribution in [0.15, 0.2) is 34.9 Å². The molecular formula is C21H25BrN4O5. The van der Waals surface area contributed by atoms with Gasteiger partial charge in [-0.3, -0.25) is 4.79 Å². The number of hydrogen-bond acceptors (Lipinski definition) is 5. The van der Waals surface area contributed by atoms with Gasteiger partial charge in [0.15, 0.2) is 5.79 Å². The minimum Gasteiger partial charge on any atom is -0.465 e. The quantitative estimate of drug-likeness (QED) is 0.590. The van der Waals surface area contributed by atoms with Crippen LogP contribution in [0.4, 0.5) is 4.79 Å². The van der Waals surface area contributed by atoms with Crippen molar-refractivity contribution in [1.82, 2.24) is 20.2 Å². The van der Waals surface area contributed by atoms with Crippen LogP contribution >= 0.6 is 15.9 Å². The lowest BCUT2D eigenvalue weighted by Crippen LogP contribution is -2.51. The van der Waals surface area contributed by atoms with E-state index in [0.717, 1.165) is 15.7 Å². The van der Waals surface area contributed by atoms with E-state index in [-0.39, 0.29) is 18.4 Å². The molecule has 4 rings (SSSR count). The third-order valence-electron chi connectivity index (χ3n) is 5.67. The van der Waals surface area contributed by atoms with Crippen LogP contribution in [0, 0.1) is 5.92 Å². The molecular weight excluding hydrogens is 468 g/mol. The number of carbonyl (C=O) groups excluding carboxylic acids is 1. The molecule has 1 aromatic heterocycles. The summed E-state index contributed by atoms with van der Waals surface area (Å²) in [6.45, 7) is 4.74. The molecule has 2 amide bonds. The number of likely N-dealkylation sites (tertiary alicyclic amines) is 1. The molecule has 0 aliphatic carbocycles. The number of hydrogen-bond donors (Lipinski definition) is 3. The Labute approximate surface area is 188 Å². The maximum atomic E-state index is 13.4. The fourth-order valence-electron chi connectivity index (χ4n) is 4.13. The molecule has 1 spiro atoms. The molecule has 9 nitrogen and oxygen atoms in total. The molecule has 0 bridgehead atoms. The highest BCUT2D eigenvalue weighted by Crippen LogP contribution is 2.42. The second kappa shape index (κ2) is 8.60. The Kier molecular flexibility index (Phi) is 6.05. The van der Waals surface area contributed by atoms with Gasteiger partial charge in [-0.05, 0) is 23.6 Å². The molecule has 2 fully saturated rings. The Hall–Kier alpha value is -2.43. The van der Waals surface area contributed by atoms with Crippen LogP contribution in [0.1, 0.15) is 32.1 Å². The summed E-state index contributed by atoms with van der Waals surface area (Å²) < 4.78 is 12.7. The lowest BCUT2D eigenvalue weighted by molar-refractivity contribution is -0.153. The highest BCUT2D eigenvalue weighted by molar-refractivity contribution is 9.10. The third kappa shape index (κ3) is 4.46. The summed E-state index contributed by atoms with van der Waals surface area (Å²) >= 11 is 3.43. The van der Waals surface area contributed by atoms with Crippen LogP contribution in [0.5, 0.6) is 0 Å². The Morgan fingerprint density at radius 2 is 1.97 bits per heavy atom. The van der Waals surface area contributed by atoms with Gasteiger partial charge in [-0.1, -0.05) is 41.9 Å². The zero-order valence-electron chi connectivity index (χ0n) is 17.3. The number of H-pyrrole nitrogens is 1. The van der Waals surface area contributed by atoms with Crippen LogP contribution in [0.25, 0.3) is 11.3 Å². The van der Waals surface area contributed by atoms with Gasteiger partial charge in [0, 0.05) is 10.9 Å². The Balaban J connectivity index is 1.64. The second-order valence-electron chi connectivity index (χ2n) is 8.15. The SMILES string of the molecule is CC(C)[C@H](NC(=O)O)C(=O)N1CC2(C[C@H]1c1ncc(-c3ccc(Br)cc3)[nH]1)OCCO2. The van der Waals surface area contributed by atoms with Crippen molar-refractivity contribution in [2.75, 3.05) is 19.8 Å². The number of rotatable bonds is 5. The first-order chi connectivity index (χ1) is 14.8. The Morgan fingerprint density at radius 3 is 2.58 bits per heavy atom. The molecule has 2 aromatic rings. The van der Waals surface area contributed by atoms with E-state index in [0.29, 0.717) is 25.5 Å². The summed E-state index contributed by atoms with van der Waals surface area (Å²) in [7, 11) is 0. The number of aromatic amines is 1. The van der Waals surface area contributed by atoms with Crippen LogP contribution < -0.4 is 5.32 Å². The van der Waals surface area contributed by atoms with E-state index in [1.54, 1.807) is 24.9 Å². The first-order valence-electron chi connectivity index (χ1n) is 10.2. The fraction of sp³-hybridized carbons (Fsp3) is 0.476. The van der Waals surface area contributed by atoms with Crippen molar-refractivity contribution < 1.29 is 24.2 Å². The van der Waals surface area contributed by atoms with Gasteiger partial charge in [-0.2, -0.15) is 0 Å². The van der Waals surface area contributed by atoms with E-state index in [9.17, 15) is 14.7 Å². The number of nitrogens with one attached hydrogen (secondary N) is 2. The highest BCUT2D eigenvalue weighted by Gasteiger charge is 2.52. The minimum absolute atomic E-state index is 0.218. The van der Waals surface area contributed by atoms with Gasteiger partial charge in [-0.25, -0.2) is 9.78 Å². The van der Waals surface area contributed by atoms with Crippen molar-refractivity contribution in [3.05, 3.63) is 40.8 Å². The number of ether oxygens (including phenoxy) is 2. The number of carbonyl (C=O) groups is 2. The number of halogens is 1. The van der Waals surface area contributed by atoms with E-state index < -0.39 is 24.0 Å². The molecule has 3 heterocycles. The second-order valence-corrected chi connectivity index (χ2v) is 9.07. The first kappa shape index (κ1) is 21.8. The largest absolute Gasteiger partial charge is 0.465 e. The maximum absolute atomic E-state index is 13.4. The molecule has 31 heavy (non-hydrogen) atoms. The predicted molar refractivity (Wildman–Crippen MR) is 115 cm³/mol. The monoisotopic (exact) mass is 492 g/mol. The van der Waals surface area contributed by atoms with Gasteiger partial charge in [0.2, 0.25) is 5.91 Å². The van der Waals surface area contributed by atoms with Gasteiger partial charge in [-0.15, -0.1) is 0 Å². The molecule has 2 aliphatic rings. The Morgan fingerprint density at radius 1 is 1.29 bits per heavy atom. The van der Waals surface area contributed by atoms with E-state index in [1.165, 1.54) is 0 Å². The number of nitrogens with zero attached hydrogens (tertiary/aromatic N) is 2. The van der Waals surface area contributed by atoms with E-state index in [2.05, 4.69) is 31.2 Å². The molecule has 10 heteroatoms. The molecule has 2 aliphatic heterocycles. The van der Waals surface area contributed by atoms with Crippen LogP contribution in [-0.2, 0) is 14.3 Å². The topological polar surface area (TPSA) is 117 Å². The van der Waals surface area contributed by atoms with Crippen LogP contribution in [0.3, 0.4) is 0 Å². The molecule has 2 atom stereocenters. The van der Waals surface area contributed by atoms with Crippen LogP contribution in [0.2, 0.25) is 0 Å². The molecule has 0 saturated carbocycles. The van der Waals surface area contributed by atoms with E-state index >= 15 is 0 Å². The highest BCUT2D eigenvalue weighted by atomic mass is 79.9. The summed E-state index contributed by atoms with van der Waals surface area (Å²) in [4.78, 5) is 34.2. The smallest absolute Gasteiger partial charge is 0.405 e. The summed E-state index contributed by atoms with van der Waals surface area (Å²) in [5.41, 5.74) is 1.79. The van der Waals surface area contributed by atoms with Crippen molar-refractivity contribution in [3.8, 4) is 11.3 Å². The number of imidazole rings is 1.